The summed E-state index contributed by atoms with van der Waals surface area (Å²) in [6.45, 7) is 1.73. The molecule has 0 aliphatic heterocycles. The van der Waals surface area contributed by atoms with Gasteiger partial charge in [-0.3, -0.25) is 4.72 Å². The molecule has 25 heavy (non-hydrogen) atoms. The van der Waals surface area contributed by atoms with E-state index in [2.05, 4.69) is 15.0 Å². The number of aryl methyl sites for hydroxylation is 1. The number of sulfonamides is 1. The number of aromatic nitrogens is 1. The summed E-state index contributed by atoms with van der Waals surface area (Å²) < 4.78 is 40.2. The first kappa shape index (κ1) is 16.9. The second-order valence-electron chi connectivity index (χ2n) is 5.44. The lowest BCUT2D eigenvalue weighted by molar-refractivity contribution is 0.600. The molecule has 2 aromatic carbocycles. The minimum absolute atomic E-state index is 0.213. The Morgan fingerprint density at radius 3 is 2.24 bits per heavy atom. The number of halogens is 1. The van der Waals surface area contributed by atoms with Gasteiger partial charge in [0.25, 0.3) is 10.0 Å². The molecule has 0 radical (unpaired) electrons. The lowest BCUT2D eigenvalue weighted by Gasteiger charge is -2.10. The Kier molecular flexibility index (Phi) is 4.67. The van der Waals surface area contributed by atoms with Gasteiger partial charge in [-0.15, -0.1) is 0 Å². The fourth-order valence-corrected chi connectivity index (χ4v) is 3.53. The molecule has 0 saturated heterocycles. The van der Waals surface area contributed by atoms with Crippen LogP contribution in [0.25, 0.3) is 0 Å². The van der Waals surface area contributed by atoms with E-state index in [0.717, 1.165) is 0 Å². The second kappa shape index (κ2) is 6.90. The van der Waals surface area contributed by atoms with E-state index in [1.54, 1.807) is 55.5 Å². The highest BCUT2D eigenvalue weighted by molar-refractivity contribution is 7.92. The van der Waals surface area contributed by atoms with E-state index in [1.165, 1.54) is 18.3 Å². The van der Waals surface area contributed by atoms with Crippen LogP contribution in [0.3, 0.4) is 0 Å². The van der Waals surface area contributed by atoms with Gasteiger partial charge in [0.2, 0.25) is 0 Å². The smallest absolute Gasteiger partial charge is 0.263 e. The highest BCUT2D eigenvalue weighted by Gasteiger charge is 2.16. The quantitative estimate of drug-likeness (QED) is 0.722. The van der Waals surface area contributed by atoms with E-state index in [9.17, 15) is 12.8 Å². The van der Waals surface area contributed by atoms with Crippen molar-refractivity contribution in [2.75, 3.05) is 10.0 Å². The minimum atomic E-state index is -3.70. The lowest BCUT2D eigenvalue weighted by atomic mass is 10.2. The lowest BCUT2D eigenvalue weighted by Crippen LogP contribution is -2.15. The number of hydrogen-bond acceptors (Lipinski definition) is 4. The number of benzene rings is 2. The SMILES string of the molecule is Cc1ccccc1S(=O)(=O)Nc1ccc(Nc2ccc(F)cc2)cn1. The highest BCUT2D eigenvalue weighted by atomic mass is 32.2. The Labute approximate surface area is 145 Å². The molecule has 1 heterocycles. The van der Waals surface area contributed by atoms with Crippen molar-refractivity contribution in [3.8, 4) is 0 Å². The number of hydrogen-bond donors (Lipinski definition) is 2. The van der Waals surface area contributed by atoms with E-state index < -0.39 is 10.0 Å². The van der Waals surface area contributed by atoms with Crippen molar-refractivity contribution in [1.29, 1.82) is 0 Å². The monoisotopic (exact) mass is 357 g/mol. The first-order chi connectivity index (χ1) is 11.9. The fraction of sp³-hybridized carbons (Fsp3) is 0.0556. The largest absolute Gasteiger partial charge is 0.354 e. The van der Waals surface area contributed by atoms with Gasteiger partial charge in [0, 0.05) is 5.69 Å². The molecule has 3 rings (SSSR count). The van der Waals surface area contributed by atoms with Gasteiger partial charge in [0.15, 0.2) is 0 Å². The summed E-state index contributed by atoms with van der Waals surface area (Å²) in [4.78, 5) is 4.32. The molecule has 128 valence electrons. The molecule has 0 aliphatic carbocycles. The van der Waals surface area contributed by atoms with Crippen LogP contribution in [0.15, 0.2) is 71.8 Å². The second-order valence-corrected chi connectivity index (χ2v) is 7.09. The van der Waals surface area contributed by atoms with Crippen LogP contribution in [-0.4, -0.2) is 13.4 Å². The number of nitrogens with zero attached hydrogens (tertiary/aromatic N) is 1. The van der Waals surface area contributed by atoms with E-state index in [0.29, 0.717) is 16.9 Å². The zero-order valence-electron chi connectivity index (χ0n) is 13.4. The molecular weight excluding hydrogens is 341 g/mol. The van der Waals surface area contributed by atoms with Crippen LogP contribution in [0.5, 0.6) is 0 Å². The fourth-order valence-electron chi connectivity index (χ4n) is 2.28. The molecule has 0 amide bonds. The molecule has 2 N–H and O–H groups in total. The molecule has 0 aliphatic rings. The van der Waals surface area contributed by atoms with Crippen molar-refractivity contribution in [3.05, 3.63) is 78.2 Å². The zero-order valence-corrected chi connectivity index (χ0v) is 14.2. The van der Waals surface area contributed by atoms with Crippen LogP contribution < -0.4 is 10.0 Å². The van der Waals surface area contributed by atoms with Gasteiger partial charge in [-0.25, -0.2) is 17.8 Å². The summed E-state index contributed by atoms with van der Waals surface area (Å²) in [7, 11) is -3.70. The Hall–Kier alpha value is -2.93. The van der Waals surface area contributed by atoms with Gasteiger partial charge >= 0.3 is 0 Å². The average Bonchev–Trinajstić information content (AvgIpc) is 2.59. The summed E-state index contributed by atoms with van der Waals surface area (Å²) >= 11 is 0. The third kappa shape index (κ3) is 4.13. The third-order valence-corrected chi connectivity index (χ3v) is 5.03. The Morgan fingerprint density at radius 2 is 1.60 bits per heavy atom. The molecule has 3 aromatic rings. The predicted octanol–water partition coefficient (Wildman–Crippen LogP) is 4.07. The minimum Gasteiger partial charge on any atom is -0.354 e. The van der Waals surface area contributed by atoms with E-state index >= 15 is 0 Å². The van der Waals surface area contributed by atoms with Gasteiger partial charge in [0.05, 0.1) is 16.8 Å². The van der Waals surface area contributed by atoms with Crippen molar-refractivity contribution < 1.29 is 12.8 Å². The number of rotatable bonds is 5. The van der Waals surface area contributed by atoms with Crippen LogP contribution in [0, 0.1) is 12.7 Å². The van der Waals surface area contributed by atoms with Gasteiger partial charge < -0.3 is 5.32 Å². The molecule has 0 fully saturated rings. The highest BCUT2D eigenvalue weighted by Crippen LogP contribution is 2.20. The number of nitrogens with one attached hydrogen (secondary N) is 2. The third-order valence-electron chi connectivity index (χ3n) is 3.52. The maximum atomic E-state index is 12.9. The zero-order chi connectivity index (χ0) is 17.9. The Bertz CT molecular complexity index is 972. The van der Waals surface area contributed by atoms with Crippen LogP contribution in [0.4, 0.5) is 21.6 Å². The molecule has 7 heteroatoms. The summed E-state index contributed by atoms with van der Waals surface area (Å²) in [6, 6.07) is 15.9. The van der Waals surface area contributed by atoms with Crippen molar-refractivity contribution in [2.24, 2.45) is 0 Å². The van der Waals surface area contributed by atoms with Crippen molar-refractivity contribution >= 4 is 27.2 Å². The van der Waals surface area contributed by atoms with E-state index in [4.69, 9.17) is 0 Å². The molecule has 0 saturated carbocycles. The molecule has 5 nitrogen and oxygen atoms in total. The topological polar surface area (TPSA) is 71.1 Å². The number of pyridine rings is 1. The molecule has 0 unspecified atom stereocenters. The maximum absolute atomic E-state index is 12.9. The van der Waals surface area contributed by atoms with Gasteiger partial charge in [-0.2, -0.15) is 0 Å². The van der Waals surface area contributed by atoms with Crippen molar-refractivity contribution in [3.63, 3.8) is 0 Å². The van der Waals surface area contributed by atoms with Crippen LogP contribution in [-0.2, 0) is 10.0 Å². The first-order valence-corrected chi connectivity index (χ1v) is 8.99. The van der Waals surface area contributed by atoms with Crippen LogP contribution in [0.2, 0.25) is 0 Å². The van der Waals surface area contributed by atoms with Gasteiger partial charge in [0.1, 0.15) is 11.6 Å². The molecule has 0 atom stereocenters. The molecule has 1 aromatic heterocycles. The van der Waals surface area contributed by atoms with Crippen molar-refractivity contribution in [1.82, 2.24) is 4.98 Å². The Morgan fingerprint density at radius 1 is 0.920 bits per heavy atom. The molecule has 0 bridgehead atoms. The standard InChI is InChI=1S/C18H16FN3O2S/c1-13-4-2-3-5-17(13)25(23,24)22-18-11-10-16(12-20-18)21-15-8-6-14(19)7-9-15/h2-12,21H,1H3,(H,20,22). The normalized spacial score (nSPS) is 11.1. The van der Waals surface area contributed by atoms with Crippen LogP contribution in [0.1, 0.15) is 5.56 Å². The van der Waals surface area contributed by atoms with E-state index in [1.807, 2.05) is 0 Å². The maximum Gasteiger partial charge on any atom is 0.263 e. The van der Waals surface area contributed by atoms with Gasteiger partial charge in [-0.05, 0) is 55.0 Å². The summed E-state index contributed by atoms with van der Waals surface area (Å²) in [5, 5.41) is 3.06. The predicted molar refractivity (Wildman–Crippen MR) is 95.9 cm³/mol. The van der Waals surface area contributed by atoms with E-state index in [-0.39, 0.29) is 16.5 Å². The molecular formula is C18H16FN3O2S. The van der Waals surface area contributed by atoms with Crippen LogP contribution >= 0.6 is 0 Å². The summed E-state index contributed by atoms with van der Waals surface area (Å²) in [5.74, 6) is -0.0995. The summed E-state index contributed by atoms with van der Waals surface area (Å²) in [5.41, 5.74) is 2.02. The van der Waals surface area contributed by atoms with Crippen molar-refractivity contribution in [2.45, 2.75) is 11.8 Å². The molecule has 0 spiro atoms. The number of anilines is 3. The van der Waals surface area contributed by atoms with Gasteiger partial charge in [-0.1, -0.05) is 18.2 Å². The summed E-state index contributed by atoms with van der Waals surface area (Å²) in [6.07, 6.45) is 1.50. The first-order valence-electron chi connectivity index (χ1n) is 7.51. The Balaban J connectivity index is 1.74. The average molecular weight is 357 g/mol.